The molecule has 0 amide bonds. The van der Waals surface area contributed by atoms with Crippen LogP contribution in [-0.4, -0.2) is 17.2 Å². The van der Waals surface area contributed by atoms with Crippen molar-refractivity contribution in [1.29, 1.82) is 0 Å². The van der Waals surface area contributed by atoms with Gasteiger partial charge in [-0.2, -0.15) is 0 Å². The zero-order valence-electron chi connectivity index (χ0n) is 7.29. The van der Waals surface area contributed by atoms with E-state index in [0.29, 0.717) is 6.04 Å². The molecule has 0 spiro atoms. The maximum Gasteiger partial charge on any atom is 0.213 e. The minimum absolute atomic E-state index is 0.141. The lowest BCUT2D eigenvalue weighted by molar-refractivity contribution is 0.232. The second-order valence-corrected chi connectivity index (χ2v) is 3.27. The predicted octanol–water partition coefficient (Wildman–Crippen LogP) is 1.00. The van der Waals surface area contributed by atoms with Crippen molar-refractivity contribution in [3.63, 3.8) is 0 Å². The van der Waals surface area contributed by atoms with Crippen LogP contribution in [0.15, 0.2) is 4.99 Å². The Labute approximate surface area is 72.8 Å². The lowest BCUT2D eigenvalue weighted by Crippen LogP contribution is -2.30. The van der Waals surface area contributed by atoms with Crippen molar-refractivity contribution in [2.45, 2.75) is 44.6 Å². The van der Waals surface area contributed by atoms with Crippen molar-refractivity contribution < 1.29 is 5.21 Å². The molecule has 0 aromatic carbocycles. The summed E-state index contributed by atoms with van der Waals surface area (Å²) in [4.78, 5) is 4.15. The standard InChI is InChI=1S/C8H17N3O/c9-8(11-12)10-7-5-3-1-2-4-6-7/h7,12H,1-6H2,(H3,9,10,11). The summed E-state index contributed by atoms with van der Waals surface area (Å²) in [5, 5.41) is 8.43. The highest BCUT2D eigenvalue weighted by molar-refractivity contribution is 5.76. The summed E-state index contributed by atoms with van der Waals surface area (Å²) in [6, 6.07) is 0.312. The van der Waals surface area contributed by atoms with Gasteiger partial charge in [0.1, 0.15) is 0 Å². The van der Waals surface area contributed by atoms with Gasteiger partial charge in [0, 0.05) is 0 Å². The van der Waals surface area contributed by atoms with Crippen LogP contribution in [0.3, 0.4) is 0 Å². The first kappa shape index (κ1) is 9.32. The van der Waals surface area contributed by atoms with Crippen molar-refractivity contribution in [1.82, 2.24) is 5.48 Å². The van der Waals surface area contributed by atoms with Gasteiger partial charge in [0.15, 0.2) is 0 Å². The summed E-state index contributed by atoms with van der Waals surface area (Å²) >= 11 is 0. The van der Waals surface area contributed by atoms with Crippen molar-refractivity contribution in [3.05, 3.63) is 0 Å². The van der Waals surface area contributed by atoms with Crippen LogP contribution >= 0.6 is 0 Å². The lowest BCUT2D eigenvalue weighted by Gasteiger charge is -2.08. The molecule has 1 saturated carbocycles. The SMILES string of the molecule is NC(=NC1CCCCCC1)NO. The van der Waals surface area contributed by atoms with E-state index in [1.54, 1.807) is 0 Å². The van der Waals surface area contributed by atoms with Gasteiger partial charge >= 0.3 is 0 Å². The smallest absolute Gasteiger partial charge is 0.213 e. The molecule has 4 nitrogen and oxygen atoms in total. The van der Waals surface area contributed by atoms with Gasteiger partial charge in [0.05, 0.1) is 6.04 Å². The van der Waals surface area contributed by atoms with Gasteiger partial charge in [0.2, 0.25) is 5.96 Å². The number of rotatable bonds is 1. The highest BCUT2D eigenvalue weighted by Crippen LogP contribution is 2.19. The maximum absolute atomic E-state index is 8.43. The summed E-state index contributed by atoms with van der Waals surface area (Å²) in [6.07, 6.45) is 7.27. The van der Waals surface area contributed by atoms with Gasteiger partial charge in [-0.25, -0.2) is 10.5 Å². The molecule has 0 aliphatic heterocycles. The van der Waals surface area contributed by atoms with Gasteiger partial charge in [-0.1, -0.05) is 25.7 Å². The fraction of sp³-hybridized carbons (Fsp3) is 0.875. The highest BCUT2D eigenvalue weighted by Gasteiger charge is 2.10. The summed E-state index contributed by atoms with van der Waals surface area (Å²) < 4.78 is 0. The number of hydrogen-bond donors (Lipinski definition) is 3. The minimum Gasteiger partial charge on any atom is -0.368 e. The third-order valence-corrected chi connectivity index (χ3v) is 2.26. The van der Waals surface area contributed by atoms with Crippen LogP contribution in [0.4, 0.5) is 0 Å². The highest BCUT2D eigenvalue weighted by atomic mass is 16.5. The Morgan fingerprint density at radius 3 is 2.33 bits per heavy atom. The Bertz CT molecular complexity index is 150. The van der Waals surface area contributed by atoms with Crippen molar-refractivity contribution in [2.75, 3.05) is 0 Å². The van der Waals surface area contributed by atoms with E-state index in [-0.39, 0.29) is 5.96 Å². The number of hydroxylamine groups is 1. The molecule has 1 rings (SSSR count). The van der Waals surface area contributed by atoms with Crippen LogP contribution in [0, 0.1) is 0 Å². The number of guanidine groups is 1. The first-order chi connectivity index (χ1) is 5.83. The molecule has 12 heavy (non-hydrogen) atoms. The summed E-state index contributed by atoms with van der Waals surface area (Å²) in [5.74, 6) is 0.141. The Morgan fingerprint density at radius 1 is 1.25 bits per heavy atom. The minimum atomic E-state index is 0.141. The van der Waals surface area contributed by atoms with Crippen LogP contribution in [0.25, 0.3) is 0 Å². The van der Waals surface area contributed by atoms with E-state index >= 15 is 0 Å². The second-order valence-electron chi connectivity index (χ2n) is 3.27. The molecule has 0 aromatic rings. The van der Waals surface area contributed by atoms with E-state index in [9.17, 15) is 0 Å². The van der Waals surface area contributed by atoms with Crippen LogP contribution < -0.4 is 11.2 Å². The van der Waals surface area contributed by atoms with Gasteiger partial charge in [-0.05, 0) is 12.8 Å². The van der Waals surface area contributed by atoms with Crippen molar-refractivity contribution >= 4 is 5.96 Å². The second kappa shape index (κ2) is 4.98. The topological polar surface area (TPSA) is 70.6 Å². The van der Waals surface area contributed by atoms with E-state index in [1.165, 1.54) is 25.7 Å². The lowest BCUT2D eigenvalue weighted by atomic mass is 10.1. The molecule has 0 radical (unpaired) electrons. The van der Waals surface area contributed by atoms with Gasteiger partial charge < -0.3 is 5.73 Å². The fourth-order valence-corrected chi connectivity index (χ4v) is 1.61. The quantitative estimate of drug-likeness (QED) is 0.238. The summed E-state index contributed by atoms with van der Waals surface area (Å²) in [6.45, 7) is 0. The molecule has 1 aliphatic rings. The summed E-state index contributed by atoms with van der Waals surface area (Å²) in [7, 11) is 0. The van der Waals surface area contributed by atoms with Crippen LogP contribution in [-0.2, 0) is 0 Å². The molecule has 0 heterocycles. The number of nitrogens with zero attached hydrogens (tertiary/aromatic N) is 1. The predicted molar refractivity (Wildman–Crippen MR) is 48.0 cm³/mol. The van der Waals surface area contributed by atoms with Gasteiger partial charge in [-0.15, -0.1) is 0 Å². The molecule has 0 aromatic heterocycles. The molecule has 0 saturated heterocycles. The Kier molecular flexibility index (Phi) is 3.87. The van der Waals surface area contributed by atoms with Gasteiger partial charge in [-0.3, -0.25) is 5.21 Å². The Hall–Kier alpha value is -0.770. The van der Waals surface area contributed by atoms with E-state index < -0.39 is 0 Å². The average molecular weight is 171 g/mol. The molecule has 0 atom stereocenters. The third kappa shape index (κ3) is 3.09. The Balaban J connectivity index is 2.38. The summed E-state index contributed by atoms with van der Waals surface area (Å²) in [5.41, 5.74) is 7.20. The van der Waals surface area contributed by atoms with E-state index in [1.807, 2.05) is 5.48 Å². The fourth-order valence-electron chi connectivity index (χ4n) is 1.61. The van der Waals surface area contributed by atoms with Crippen molar-refractivity contribution in [2.24, 2.45) is 10.7 Å². The Morgan fingerprint density at radius 2 is 1.83 bits per heavy atom. The molecule has 1 fully saturated rings. The number of nitrogens with one attached hydrogen (secondary N) is 1. The van der Waals surface area contributed by atoms with E-state index in [4.69, 9.17) is 10.9 Å². The molecule has 0 bridgehead atoms. The molecule has 1 aliphatic carbocycles. The largest absolute Gasteiger partial charge is 0.368 e. The van der Waals surface area contributed by atoms with Crippen molar-refractivity contribution in [3.8, 4) is 0 Å². The zero-order chi connectivity index (χ0) is 8.81. The maximum atomic E-state index is 8.43. The number of nitrogens with two attached hydrogens (primary N) is 1. The zero-order valence-corrected chi connectivity index (χ0v) is 7.29. The molecule has 70 valence electrons. The normalized spacial score (nSPS) is 21.9. The molecular weight excluding hydrogens is 154 g/mol. The molecule has 4 heteroatoms. The first-order valence-corrected chi connectivity index (χ1v) is 4.56. The van der Waals surface area contributed by atoms with E-state index in [2.05, 4.69) is 4.99 Å². The monoisotopic (exact) mass is 171 g/mol. The molecule has 4 N–H and O–H groups in total. The van der Waals surface area contributed by atoms with E-state index in [0.717, 1.165) is 12.8 Å². The number of aliphatic imine (C=N–C) groups is 1. The average Bonchev–Trinajstić information content (AvgIpc) is 2.33. The van der Waals surface area contributed by atoms with Crippen LogP contribution in [0.5, 0.6) is 0 Å². The van der Waals surface area contributed by atoms with Crippen LogP contribution in [0.2, 0.25) is 0 Å². The van der Waals surface area contributed by atoms with Crippen LogP contribution in [0.1, 0.15) is 38.5 Å². The third-order valence-electron chi connectivity index (χ3n) is 2.26. The molecule has 0 unspecified atom stereocenters. The first-order valence-electron chi connectivity index (χ1n) is 4.56. The molecular formula is C8H17N3O. The number of hydrogen-bond acceptors (Lipinski definition) is 2. The van der Waals surface area contributed by atoms with Gasteiger partial charge in [0.25, 0.3) is 0 Å².